The van der Waals surface area contributed by atoms with Crippen molar-refractivity contribution in [3.05, 3.63) is 106 Å². The molecular formula is C31H24ClFN4O3. The summed E-state index contributed by atoms with van der Waals surface area (Å²) in [5, 5.41) is 7.01. The van der Waals surface area contributed by atoms with E-state index < -0.39 is 29.5 Å². The second kappa shape index (κ2) is 9.88. The summed E-state index contributed by atoms with van der Waals surface area (Å²) in [6, 6.07) is 18.1. The van der Waals surface area contributed by atoms with Crippen LogP contribution in [-0.4, -0.2) is 33.3 Å². The van der Waals surface area contributed by atoms with Crippen LogP contribution in [0.5, 0.6) is 0 Å². The second-order valence-corrected chi connectivity index (χ2v) is 10.2. The van der Waals surface area contributed by atoms with E-state index in [2.05, 4.69) is 10.1 Å². The normalized spacial score (nSPS) is 17.6. The third-order valence-corrected chi connectivity index (χ3v) is 7.65. The summed E-state index contributed by atoms with van der Waals surface area (Å²) in [5.74, 6) is -3.00. The molecule has 3 aromatic carbocycles. The first-order chi connectivity index (χ1) is 19.3. The molecule has 1 unspecified atom stereocenters. The molecule has 0 saturated carbocycles. The van der Waals surface area contributed by atoms with E-state index in [1.807, 2.05) is 25.1 Å². The van der Waals surface area contributed by atoms with Gasteiger partial charge < -0.3 is 4.98 Å². The van der Waals surface area contributed by atoms with Crippen LogP contribution in [0.4, 0.5) is 10.1 Å². The van der Waals surface area contributed by atoms with Crippen LogP contribution in [0, 0.1) is 11.7 Å². The zero-order chi connectivity index (χ0) is 28.1. The third kappa shape index (κ3) is 4.12. The Morgan fingerprint density at radius 1 is 0.975 bits per heavy atom. The SMILES string of the molecule is CCc1cccc2c(C3=C(C4C(=O)N(c5ccc(Cl)cc5)N=C4C)C(=O)N(Cc4ccc(F)cc4)C3=O)c[nH]c12. The lowest BCUT2D eigenvalue weighted by Crippen LogP contribution is -2.35. The number of hydrazone groups is 1. The molecule has 40 heavy (non-hydrogen) atoms. The van der Waals surface area contributed by atoms with Crippen LogP contribution in [0.1, 0.15) is 30.5 Å². The third-order valence-electron chi connectivity index (χ3n) is 7.40. The lowest BCUT2D eigenvalue weighted by molar-refractivity contribution is -0.138. The summed E-state index contributed by atoms with van der Waals surface area (Å²) in [6.45, 7) is 3.65. The van der Waals surface area contributed by atoms with Crippen LogP contribution in [0.3, 0.4) is 0 Å². The first kappa shape index (κ1) is 25.7. The Hall–Kier alpha value is -4.56. The minimum atomic E-state index is -1.06. The van der Waals surface area contributed by atoms with Gasteiger partial charge in [0.2, 0.25) is 0 Å². The average molecular weight is 555 g/mol. The minimum Gasteiger partial charge on any atom is -0.360 e. The number of aromatic nitrogens is 1. The van der Waals surface area contributed by atoms with Gasteiger partial charge in [-0.2, -0.15) is 10.1 Å². The average Bonchev–Trinajstić information content (AvgIpc) is 3.57. The van der Waals surface area contributed by atoms with Crippen molar-refractivity contribution in [2.75, 3.05) is 5.01 Å². The lowest BCUT2D eigenvalue weighted by Gasteiger charge is -2.17. The fourth-order valence-corrected chi connectivity index (χ4v) is 5.55. The highest BCUT2D eigenvalue weighted by atomic mass is 35.5. The van der Waals surface area contributed by atoms with Crippen LogP contribution in [0.15, 0.2) is 83.6 Å². The zero-order valence-corrected chi connectivity index (χ0v) is 22.5. The highest BCUT2D eigenvalue weighted by molar-refractivity contribution is 6.40. The Morgan fingerprint density at radius 3 is 2.40 bits per heavy atom. The molecule has 2 aliphatic rings. The molecule has 0 fully saturated rings. The molecular weight excluding hydrogens is 531 g/mol. The molecule has 0 saturated heterocycles. The van der Waals surface area contributed by atoms with Crippen LogP contribution >= 0.6 is 11.6 Å². The minimum absolute atomic E-state index is 0.0640. The maximum Gasteiger partial charge on any atom is 0.262 e. The van der Waals surface area contributed by atoms with E-state index in [1.54, 1.807) is 37.4 Å². The Balaban J connectivity index is 1.49. The number of hydrogen-bond acceptors (Lipinski definition) is 4. The fraction of sp³-hybridized carbons (Fsp3) is 0.161. The topological polar surface area (TPSA) is 85.8 Å². The van der Waals surface area contributed by atoms with Gasteiger partial charge in [0.05, 0.1) is 23.5 Å². The number of imide groups is 1. The number of carbonyl (C=O) groups is 3. The van der Waals surface area contributed by atoms with E-state index >= 15 is 0 Å². The summed E-state index contributed by atoms with van der Waals surface area (Å²) in [4.78, 5) is 46.3. The van der Waals surface area contributed by atoms with E-state index in [-0.39, 0.29) is 17.7 Å². The number of hydrogen-bond donors (Lipinski definition) is 1. The summed E-state index contributed by atoms with van der Waals surface area (Å²) < 4.78 is 13.5. The molecule has 1 aromatic heterocycles. The molecule has 0 spiro atoms. The summed E-state index contributed by atoms with van der Waals surface area (Å²) in [6.07, 6.45) is 2.49. The number of fused-ring (bicyclic) bond motifs is 1. The summed E-state index contributed by atoms with van der Waals surface area (Å²) in [7, 11) is 0. The molecule has 1 N–H and O–H groups in total. The maximum atomic E-state index is 14.0. The molecule has 0 bridgehead atoms. The van der Waals surface area contributed by atoms with Crippen LogP contribution in [-0.2, 0) is 27.3 Å². The van der Waals surface area contributed by atoms with Crippen LogP contribution in [0.25, 0.3) is 16.5 Å². The Labute approximate surface area is 234 Å². The number of benzene rings is 3. The smallest absolute Gasteiger partial charge is 0.262 e. The highest BCUT2D eigenvalue weighted by Gasteiger charge is 2.49. The van der Waals surface area contributed by atoms with E-state index in [9.17, 15) is 18.8 Å². The molecule has 1 atom stereocenters. The Bertz CT molecular complexity index is 1760. The molecule has 6 rings (SSSR count). The Kier molecular flexibility index (Phi) is 6.35. The molecule has 7 nitrogen and oxygen atoms in total. The lowest BCUT2D eigenvalue weighted by atomic mass is 9.88. The second-order valence-electron chi connectivity index (χ2n) is 9.81. The van der Waals surface area contributed by atoms with Crippen molar-refractivity contribution in [2.45, 2.75) is 26.8 Å². The van der Waals surface area contributed by atoms with Crippen molar-refractivity contribution in [1.29, 1.82) is 0 Å². The standard InChI is InChI=1S/C31H24ClFN4O3/c1-3-19-5-4-6-23-24(15-34-28(19)23)26-27(30(39)36(29(26)38)16-18-7-11-21(33)12-8-18)25-17(2)35-37(31(25)40)22-13-9-20(32)10-14-22/h4-15,25,34H,3,16H2,1-2H3. The zero-order valence-electron chi connectivity index (χ0n) is 21.7. The van der Waals surface area contributed by atoms with Gasteiger partial charge >= 0.3 is 0 Å². The van der Waals surface area contributed by atoms with Gasteiger partial charge in [-0.3, -0.25) is 19.3 Å². The number of aromatic amines is 1. The molecule has 9 heteroatoms. The maximum absolute atomic E-state index is 14.0. The van der Waals surface area contributed by atoms with E-state index in [1.165, 1.54) is 29.3 Å². The van der Waals surface area contributed by atoms with E-state index in [0.29, 0.717) is 27.5 Å². The first-order valence-electron chi connectivity index (χ1n) is 12.9. The molecule has 0 radical (unpaired) electrons. The highest BCUT2D eigenvalue weighted by Crippen LogP contribution is 2.41. The predicted molar refractivity (Wildman–Crippen MR) is 152 cm³/mol. The quantitative estimate of drug-likeness (QED) is 0.302. The number of nitrogens with one attached hydrogen (secondary N) is 1. The van der Waals surface area contributed by atoms with Crippen molar-refractivity contribution in [3.8, 4) is 0 Å². The Morgan fingerprint density at radius 2 is 1.70 bits per heavy atom. The van der Waals surface area contributed by atoms with Gasteiger partial charge in [-0.25, -0.2) is 4.39 Å². The van der Waals surface area contributed by atoms with Gasteiger partial charge in [0.1, 0.15) is 11.7 Å². The molecule has 2 aliphatic heterocycles. The number of aryl methyl sites for hydroxylation is 1. The number of rotatable bonds is 6. The van der Waals surface area contributed by atoms with Gasteiger partial charge in [-0.05, 0) is 60.9 Å². The fourth-order valence-electron chi connectivity index (χ4n) is 5.42. The van der Waals surface area contributed by atoms with E-state index in [0.717, 1.165) is 27.8 Å². The number of para-hydroxylation sites is 1. The molecule has 3 amide bonds. The molecule has 3 heterocycles. The van der Waals surface area contributed by atoms with Gasteiger partial charge in [0.15, 0.2) is 0 Å². The summed E-state index contributed by atoms with van der Waals surface area (Å²) in [5.41, 5.74) is 4.21. The number of amides is 3. The number of anilines is 1. The van der Waals surface area contributed by atoms with Crippen molar-refractivity contribution in [3.63, 3.8) is 0 Å². The summed E-state index contributed by atoms with van der Waals surface area (Å²) >= 11 is 6.03. The number of nitrogens with zero attached hydrogens (tertiary/aromatic N) is 3. The number of halogens is 2. The number of carbonyl (C=O) groups excluding carboxylic acids is 3. The van der Waals surface area contributed by atoms with Gasteiger partial charge in [0, 0.05) is 33.3 Å². The van der Waals surface area contributed by atoms with Crippen molar-refractivity contribution >= 4 is 57.2 Å². The van der Waals surface area contributed by atoms with Crippen LogP contribution < -0.4 is 5.01 Å². The first-order valence-corrected chi connectivity index (χ1v) is 13.2. The molecule has 4 aromatic rings. The molecule has 0 aliphatic carbocycles. The number of H-pyrrole nitrogens is 1. The van der Waals surface area contributed by atoms with Crippen molar-refractivity contribution < 1.29 is 18.8 Å². The van der Waals surface area contributed by atoms with Crippen molar-refractivity contribution in [1.82, 2.24) is 9.88 Å². The molecule has 200 valence electrons. The van der Waals surface area contributed by atoms with E-state index in [4.69, 9.17) is 11.6 Å². The predicted octanol–water partition coefficient (Wildman–Crippen LogP) is 5.88. The van der Waals surface area contributed by atoms with Crippen molar-refractivity contribution in [2.24, 2.45) is 11.0 Å². The monoisotopic (exact) mass is 554 g/mol. The van der Waals surface area contributed by atoms with Gasteiger partial charge in [0.25, 0.3) is 17.7 Å². The van der Waals surface area contributed by atoms with Gasteiger partial charge in [-0.1, -0.05) is 48.9 Å². The van der Waals surface area contributed by atoms with Crippen LogP contribution in [0.2, 0.25) is 5.02 Å². The largest absolute Gasteiger partial charge is 0.360 e. The van der Waals surface area contributed by atoms with Gasteiger partial charge in [-0.15, -0.1) is 0 Å².